The quantitative estimate of drug-likeness (QED) is 0.662. The lowest BCUT2D eigenvalue weighted by atomic mass is 10.1. The molecule has 0 aromatic heterocycles. The van der Waals surface area contributed by atoms with Gasteiger partial charge >= 0.3 is 0 Å². The van der Waals surface area contributed by atoms with E-state index in [9.17, 15) is 9.00 Å². The predicted octanol–water partition coefficient (Wildman–Crippen LogP) is 0.791. The molecule has 1 aromatic carbocycles. The van der Waals surface area contributed by atoms with E-state index >= 15 is 0 Å². The number of ketones is 1. The van der Waals surface area contributed by atoms with E-state index in [0.29, 0.717) is 10.5 Å². The first kappa shape index (κ1) is 8.19. The van der Waals surface area contributed by atoms with Gasteiger partial charge in [0.2, 0.25) is 0 Å². The zero-order valence-electron chi connectivity index (χ0n) is 6.69. The largest absolute Gasteiger partial charge is 0.391 e. The fourth-order valence-corrected chi connectivity index (χ4v) is 2.26. The Morgan fingerprint density at radius 1 is 1.23 bits per heavy atom. The van der Waals surface area contributed by atoms with Crippen LogP contribution >= 0.6 is 0 Å². The molecule has 0 aliphatic carbocycles. The predicted molar refractivity (Wildman–Crippen MR) is 49.5 cm³/mol. The fourth-order valence-electron chi connectivity index (χ4n) is 1.22. The highest BCUT2D eigenvalue weighted by Gasteiger charge is 2.21. The molecule has 4 heteroatoms. The second-order valence-corrected chi connectivity index (χ2v) is 4.12. The van der Waals surface area contributed by atoms with Gasteiger partial charge in [0.15, 0.2) is 5.78 Å². The molecule has 1 aliphatic rings. The molecular weight excluding hydrogens is 186 g/mol. The number of benzene rings is 1. The van der Waals surface area contributed by atoms with Gasteiger partial charge in [-0.15, -0.1) is 0 Å². The topological polar surface area (TPSA) is 60.2 Å². The van der Waals surface area contributed by atoms with Crippen LogP contribution in [-0.2, 0) is 10.8 Å². The smallest absolute Gasteiger partial charge is 0.189 e. The van der Waals surface area contributed by atoms with Crippen molar-refractivity contribution in [3.63, 3.8) is 0 Å². The van der Waals surface area contributed by atoms with Crippen LogP contribution in [0.25, 0.3) is 0 Å². The summed E-state index contributed by atoms with van der Waals surface area (Å²) in [6.07, 6.45) is 1.22. The van der Waals surface area contributed by atoms with Crippen LogP contribution in [0.15, 0.2) is 40.3 Å². The molecule has 13 heavy (non-hydrogen) atoms. The minimum absolute atomic E-state index is 0.128. The van der Waals surface area contributed by atoms with Crippen molar-refractivity contribution in [1.29, 1.82) is 0 Å². The van der Waals surface area contributed by atoms with E-state index in [1.165, 1.54) is 6.08 Å². The Labute approximate surface area is 77.7 Å². The molecule has 0 saturated carbocycles. The van der Waals surface area contributed by atoms with Gasteiger partial charge in [-0.2, -0.15) is 0 Å². The van der Waals surface area contributed by atoms with E-state index in [-0.39, 0.29) is 10.8 Å². The van der Waals surface area contributed by atoms with Gasteiger partial charge < -0.3 is 5.73 Å². The molecule has 2 rings (SSSR count). The van der Waals surface area contributed by atoms with Gasteiger partial charge in [-0.1, -0.05) is 12.1 Å². The Morgan fingerprint density at radius 2 is 1.92 bits per heavy atom. The zero-order valence-corrected chi connectivity index (χ0v) is 7.51. The SMILES string of the molecule is NC1=CC(=O)c2ccccc2S1=O. The van der Waals surface area contributed by atoms with Gasteiger partial charge in [0.05, 0.1) is 4.90 Å². The summed E-state index contributed by atoms with van der Waals surface area (Å²) in [5.41, 5.74) is 5.91. The first-order valence-electron chi connectivity index (χ1n) is 3.72. The van der Waals surface area contributed by atoms with Crippen molar-refractivity contribution in [3.05, 3.63) is 40.9 Å². The summed E-state index contributed by atoms with van der Waals surface area (Å²) in [5.74, 6) is -0.173. The van der Waals surface area contributed by atoms with Crippen LogP contribution in [0, 0.1) is 0 Å². The van der Waals surface area contributed by atoms with Crippen molar-refractivity contribution >= 4 is 16.6 Å². The summed E-state index contributed by atoms with van der Waals surface area (Å²) >= 11 is 0. The maximum absolute atomic E-state index is 11.5. The third-order valence-corrected chi connectivity index (χ3v) is 3.14. The van der Waals surface area contributed by atoms with Crippen molar-refractivity contribution in [2.24, 2.45) is 5.73 Å². The normalized spacial score (nSPS) is 20.8. The number of carbonyl (C=O) groups excluding carboxylic acids is 1. The number of hydrogen-bond acceptors (Lipinski definition) is 3. The van der Waals surface area contributed by atoms with E-state index in [0.717, 1.165) is 0 Å². The molecule has 1 aromatic rings. The van der Waals surface area contributed by atoms with Crippen LogP contribution in [0.4, 0.5) is 0 Å². The zero-order chi connectivity index (χ0) is 9.42. The van der Waals surface area contributed by atoms with Crippen LogP contribution in [0.3, 0.4) is 0 Å². The lowest BCUT2D eigenvalue weighted by Crippen LogP contribution is -2.16. The van der Waals surface area contributed by atoms with Gasteiger partial charge in [-0.05, 0) is 12.1 Å². The molecule has 1 unspecified atom stereocenters. The van der Waals surface area contributed by atoms with Gasteiger partial charge in [0.1, 0.15) is 15.8 Å². The molecular formula is C9H7NO2S. The highest BCUT2D eigenvalue weighted by atomic mass is 32.2. The van der Waals surface area contributed by atoms with Crippen LogP contribution < -0.4 is 5.73 Å². The standard InChI is InChI=1S/C9H7NO2S/c10-9-5-7(11)6-3-1-2-4-8(6)13(9)12/h1-5H,10H2. The van der Waals surface area contributed by atoms with Crippen molar-refractivity contribution in [2.75, 3.05) is 0 Å². The van der Waals surface area contributed by atoms with Crippen LogP contribution in [0.2, 0.25) is 0 Å². The third-order valence-electron chi connectivity index (χ3n) is 1.84. The maximum Gasteiger partial charge on any atom is 0.189 e. The first-order valence-corrected chi connectivity index (χ1v) is 4.87. The second kappa shape index (κ2) is 2.81. The summed E-state index contributed by atoms with van der Waals surface area (Å²) in [5, 5.41) is 0.128. The van der Waals surface area contributed by atoms with E-state index in [1.807, 2.05) is 0 Å². The molecule has 0 bridgehead atoms. The van der Waals surface area contributed by atoms with Crippen molar-refractivity contribution in [3.8, 4) is 0 Å². The third kappa shape index (κ3) is 1.19. The Kier molecular flexibility index (Phi) is 1.77. The Bertz CT molecular complexity index is 437. The summed E-state index contributed by atoms with van der Waals surface area (Å²) in [6.45, 7) is 0. The Morgan fingerprint density at radius 3 is 2.69 bits per heavy atom. The highest BCUT2D eigenvalue weighted by molar-refractivity contribution is 7.89. The fraction of sp³-hybridized carbons (Fsp3) is 0. The molecule has 0 fully saturated rings. The lowest BCUT2D eigenvalue weighted by molar-refractivity contribution is 0.104. The van der Waals surface area contributed by atoms with Crippen LogP contribution in [0.5, 0.6) is 0 Å². The molecule has 0 saturated heterocycles. The van der Waals surface area contributed by atoms with Gasteiger partial charge in [0, 0.05) is 11.6 Å². The molecule has 1 aliphatic heterocycles. The highest BCUT2D eigenvalue weighted by Crippen LogP contribution is 2.22. The summed E-state index contributed by atoms with van der Waals surface area (Å²) in [4.78, 5) is 11.9. The van der Waals surface area contributed by atoms with Crippen molar-refractivity contribution in [1.82, 2.24) is 0 Å². The van der Waals surface area contributed by atoms with Crippen LogP contribution in [0.1, 0.15) is 10.4 Å². The number of nitrogens with two attached hydrogens (primary N) is 1. The Hall–Kier alpha value is -1.42. The molecule has 1 atom stereocenters. The molecule has 0 spiro atoms. The molecule has 0 radical (unpaired) electrons. The number of allylic oxidation sites excluding steroid dienone is 1. The molecule has 1 heterocycles. The summed E-state index contributed by atoms with van der Waals surface area (Å²) in [7, 11) is -1.36. The van der Waals surface area contributed by atoms with Crippen molar-refractivity contribution in [2.45, 2.75) is 4.90 Å². The van der Waals surface area contributed by atoms with E-state index in [1.54, 1.807) is 24.3 Å². The van der Waals surface area contributed by atoms with Crippen LogP contribution in [-0.4, -0.2) is 9.99 Å². The molecule has 2 N–H and O–H groups in total. The number of hydrogen-bond donors (Lipinski definition) is 1. The molecule has 0 amide bonds. The average Bonchev–Trinajstić information content (AvgIpc) is 2.15. The average molecular weight is 193 g/mol. The minimum atomic E-state index is -1.36. The first-order chi connectivity index (χ1) is 6.20. The second-order valence-electron chi connectivity index (χ2n) is 2.68. The van der Waals surface area contributed by atoms with E-state index in [2.05, 4.69) is 0 Å². The summed E-state index contributed by atoms with van der Waals surface area (Å²) in [6, 6.07) is 6.79. The maximum atomic E-state index is 11.5. The van der Waals surface area contributed by atoms with Crippen molar-refractivity contribution < 1.29 is 9.00 Å². The monoisotopic (exact) mass is 193 g/mol. The van der Waals surface area contributed by atoms with E-state index in [4.69, 9.17) is 5.73 Å². The number of fused-ring (bicyclic) bond motifs is 1. The minimum Gasteiger partial charge on any atom is -0.391 e. The summed E-state index contributed by atoms with van der Waals surface area (Å²) < 4.78 is 11.5. The molecule has 66 valence electrons. The van der Waals surface area contributed by atoms with Gasteiger partial charge in [0.25, 0.3) is 0 Å². The lowest BCUT2D eigenvalue weighted by Gasteiger charge is -2.11. The van der Waals surface area contributed by atoms with Gasteiger partial charge in [-0.3, -0.25) is 4.79 Å². The number of rotatable bonds is 0. The number of carbonyl (C=O) groups is 1. The molecule has 3 nitrogen and oxygen atoms in total. The van der Waals surface area contributed by atoms with Gasteiger partial charge in [-0.25, -0.2) is 4.21 Å². The Balaban J connectivity index is 2.69. The van der Waals surface area contributed by atoms with E-state index < -0.39 is 10.8 Å².